The monoisotopic (exact) mass is 336 g/mol. The number of fused-ring (bicyclic) bond motifs is 3. The lowest BCUT2D eigenvalue weighted by atomic mass is 9.86. The van der Waals surface area contributed by atoms with Crippen LogP contribution < -0.4 is 15.1 Å². The average molecular weight is 336 g/mol. The van der Waals surface area contributed by atoms with Gasteiger partial charge in [-0.25, -0.2) is 4.79 Å². The summed E-state index contributed by atoms with van der Waals surface area (Å²) >= 11 is 0. The van der Waals surface area contributed by atoms with Gasteiger partial charge in [0.25, 0.3) is 0 Å². The van der Waals surface area contributed by atoms with Crippen molar-refractivity contribution in [3.05, 3.63) is 70.1 Å². The summed E-state index contributed by atoms with van der Waals surface area (Å²) < 4.78 is 16.3. The minimum Gasteiger partial charge on any atom is -0.494 e. The highest BCUT2D eigenvalue weighted by Crippen LogP contribution is 2.40. The van der Waals surface area contributed by atoms with Gasteiger partial charge in [0.15, 0.2) is 5.75 Å². The Bertz CT molecular complexity index is 1000. The van der Waals surface area contributed by atoms with Crippen LogP contribution in [-0.4, -0.2) is 12.6 Å². The predicted octanol–water partition coefficient (Wildman–Crippen LogP) is 3.63. The van der Waals surface area contributed by atoms with Crippen molar-refractivity contribution in [2.45, 2.75) is 19.3 Å². The fraction of sp³-hybridized carbons (Fsp3) is 0.200. The second-order valence-electron chi connectivity index (χ2n) is 5.86. The number of rotatable bonds is 3. The molecule has 0 radical (unpaired) electrons. The molecular weight excluding hydrogens is 320 g/mol. The van der Waals surface area contributed by atoms with Gasteiger partial charge in [-0.3, -0.25) is 4.79 Å². The molecule has 0 bridgehead atoms. The maximum absolute atomic E-state index is 12.6. The summed E-state index contributed by atoms with van der Waals surface area (Å²) in [6.07, 6.45) is 0.101. The molecule has 5 heteroatoms. The van der Waals surface area contributed by atoms with E-state index in [1.54, 1.807) is 18.2 Å². The van der Waals surface area contributed by atoms with Crippen LogP contribution in [0.5, 0.6) is 11.5 Å². The summed E-state index contributed by atoms with van der Waals surface area (Å²) in [4.78, 5) is 24.7. The topological polar surface area (TPSA) is 65.7 Å². The van der Waals surface area contributed by atoms with Crippen molar-refractivity contribution in [2.24, 2.45) is 0 Å². The number of carbonyl (C=O) groups excluding carboxylic acids is 1. The quantitative estimate of drug-likeness (QED) is 0.540. The van der Waals surface area contributed by atoms with Gasteiger partial charge in [0.05, 0.1) is 24.0 Å². The third-order valence-corrected chi connectivity index (χ3v) is 4.33. The summed E-state index contributed by atoms with van der Waals surface area (Å²) in [6.45, 7) is 2.49. The number of carbonyl (C=O) groups is 1. The number of esters is 1. The standard InChI is InChI=1S/C20H16O5/c1-2-23-13-9-7-12(8-10-13)15-11-17(21)25-19-14-5-3-4-6-16(14)24-20(22)18(15)19/h3-10,15H,2,11H2,1H3/t15-/m1/s1. The van der Waals surface area contributed by atoms with Crippen LogP contribution in [0, 0.1) is 0 Å². The van der Waals surface area contributed by atoms with Crippen LogP contribution in [0.15, 0.2) is 57.7 Å². The van der Waals surface area contributed by atoms with Gasteiger partial charge in [0.1, 0.15) is 11.3 Å². The second kappa shape index (κ2) is 6.09. The third-order valence-electron chi connectivity index (χ3n) is 4.33. The van der Waals surface area contributed by atoms with Gasteiger partial charge in [-0.05, 0) is 36.8 Å². The predicted molar refractivity (Wildman–Crippen MR) is 92.2 cm³/mol. The van der Waals surface area contributed by atoms with Crippen LogP contribution in [-0.2, 0) is 4.79 Å². The van der Waals surface area contributed by atoms with Crippen molar-refractivity contribution in [1.29, 1.82) is 0 Å². The Kier molecular flexibility index (Phi) is 3.76. The summed E-state index contributed by atoms with van der Waals surface area (Å²) in [5.41, 5.74) is 1.18. The van der Waals surface area contributed by atoms with E-state index in [1.165, 1.54) is 0 Å². The zero-order chi connectivity index (χ0) is 17.4. The first kappa shape index (κ1) is 15.4. The lowest BCUT2D eigenvalue weighted by molar-refractivity contribution is -0.135. The van der Waals surface area contributed by atoms with Crippen molar-refractivity contribution in [1.82, 2.24) is 0 Å². The molecule has 126 valence electrons. The molecular formula is C20H16O5. The van der Waals surface area contributed by atoms with Crippen molar-refractivity contribution < 1.29 is 18.7 Å². The number of para-hydroxylation sites is 1. The first-order chi connectivity index (χ1) is 12.2. The maximum atomic E-state index is 12.6. The molecule has 0 N–H and O–H groups in total. The van der Waals surface area contributed by atoms with Gasteiger partial charge in [0.2, 0.25) is 0 Å². The molecule has 2 heterocycles. The Morgan fingerprint density at radius 3 is 2.60 bits per heavy atom. The molecule has 3 aromatic rings. The van der Waals surface area contributed by atoms with Gasteiger partial charge in [-0.15, -0.1) is 0 Å². The molecule has 0 saturated carbocycles. The van der Waals surface area contributed by atoms with E-state index in [0.717, 1.165) is 11.3 Å². The van der Waals surface area contributed by atoms with Gasteiger partial charge >= 0.3 is 11.6 Å². The van der Waals surface area contributed by atoms with E-state index >= 15 is 0 Å². The Hall–Kier alpha value is -3.08. The lowest BCUT2D eigenvalue weighted by Gasteiger charge is -2.24. The van der Waals surface area contributed by atoms with E-state index in [1.807, 2.05) is 37.3 Å². The molecule has 0 fully saturated rings. The Balaban J connectivity index is 1.88. The smallest absolute Gasteiger partial charge is 0.343 e. The van der Waals surface area contributed by atoms with Gasteiger partial charge in [0, 0.05) is 5.92 Å². The summed E-state index contributed by atoms with van der Waals surface area (Å²) in [6, 6.07) is 14.5. The Morgan fingerprint density at radius 2 is 1.84 bits per heavy atom. The molecule has 4 rings (SSSR count). The molecule has 0 amide bonds. The molecule has 0 aliphatic carbocycles. The molecule has 1 aromatic heterocycles. The third kappa shape index (κ3) is 2.67. The SMILES string of the molecule is CCOc1ccc([C@H]2CC(=O)Oc3c2c(=O)oc2ccccc32)cc1. The van der Waals surface area contributed by atoms with Crippen LogP contribution >= 0.6 is 0 Å². The van der Waals surface area contributed by atoms with Crippen LogP contribution in [0.25, 0.3) is 11.0 Å². The highest BCUT2D eigenvalue weighted by atomic mass is 16.5. The molecule has 1 atom stereocenters. The second-order valence-corrected chi connectivity index (χ2v) is 5.86. The minimum atomic E-state index is -0.472. The zero-order valence-electron chi connectivity index (χ0n) is 13.7. The largest absolute Gasteiger partial charge is 0.494 e. The average Bonchev–Trinajstić information content (AvgIpc) is 2.62. The fourth-order valence-electron chi connectivity index (χ4n) is 3.22. The van der Waals surface area contributed by atoms with E-state index in [9.17, 15) is 9.59 Å². The van der Waals surface area contributed by atoms with Crippen molar-refractivity contribution in [3.8, 4) is 11.5 Å². The Labute approximate surface area is 143 Å². The first-order valence-corrected chi connectivity index (χ1v) is 8.16. The van der Waals surface area contributed by atoms with Crippen LogP contribution in [0.2, 0.25) is 0 Å². The summed E-state index contributed by atoms with van der Waals surface area (Å²) in [5, 5.41) is 0.626. The van der Waals surface area contributed by atoms with Crippen molar-refractivity contribution in [3.63, 3.8) is 0 Å². The lowest BCUT2D eigenvalue weighted by Crippen LogP contribution is -2.26. The van der Waals surface area contributed by atoms with E-state index in [4.69, 9.17) is 13.9 Å². The molecule has 5 nitrogen and oxygen atoms in total. The van der Waals surface area contributed by atoms with Gasteiger partial charge in [-0.1, -0.05) is 24.3 Å². The molecule has 0 spiro atoms. The maximum Gasteiger partial charge on any atom is 0.343 e. The number of ether oxygens (including phenoxy) is 2. The highest BCUT2D eigenvalue weighted by molar-refractivity contribution is 5.90. The summed E-state index contributed by atoms with van der Waals surface area (Å²) in [7, 11) is 0. The van der Waals surface area contributed by atoms with E-state index in [0.29, 0.717) is 28.9 Å². The van der Waals surface area contributed by atoms with E-state index in [-0.39, 0.29) is 12.4 Å². The van der Waals surface area contributed by atoms with E-state index in [2.05, 4.69) is 0 Å². The molecule has 1 aliphatic rings. The number of hydrogen-bond acceptors (Lipinski definition) is 5. The van der Waals surface area contributed by atoms with Crippen molar-refractivity contribution >= 4 is 16.9 Å². The van der Waals surface area contributed by atoms with Crippen molar-refractivity contribution in [2.75, 3.05) is 6.61 Å². The summed E-state index contributed by atoms with van der Waals surface area (Å²) in [5.74, 6) is 0.298. The molecule has 25 heavy (non-hydrogen) atoms. The highest BCUT2D eigenvalue weighted by Gasteiger charge is 2.33. The van der Waals surface area contributed by atoms with Crippen LogP contribution in [0.1, 0.15) is 30.4 Å². The minimum absolute atomic E-state index is 0.101. The van der Waals surface area contributed by atoms with Gasteiger partial charge in [-0.2, -0.15) is 0 Å². The zero-order valence-corrected chi connectivity index (χ0v) is 13.7. The number of benzene rings is 2. The first-order valence-electron chi connectivity index (χ1n) is 8.16. The number of hydrogen-bond donors (Lipinski definition) is 0. The normalized spacial score (nSPS) is 16.4. The molecule has 0 saturated heterocycles. The van der Waals surface area contributed by atoms with E-state index < -0.39 is 11.5 Å². The Morgan fingerprint density at radius 1 is 1.08 bits per heavy atom. The van der Waals surface area contributed by atoms with Crippen LogP contribution in [0.4, 0.5) is 0 Å². The fourth-order valence-corrected chi connectivity index (χ4v) is 3.22. The molecule has 0 unspecified atom stereocenters. The molecule has 1 aliphatic heterocycles. The van der Waals surface area contributed by atoms with Gasteiger partial charge < -0.3 is 13.9 Å². The molecule has 2 aromatic carbocycles. The van der Waals surface area contributed by atoms with Crippen LogP contribution in [0.3, 0.4) is 0 Å².